The van der Waals surface area contributed by atoms with Gasteiger partial charge < -0.3 is 14.6 Å². The Kier molecular flexibility index (Phi) is 8.16. The van der Waals surface area contributed by atoms with E-state index in [2.05, 4.69) is 76.4 Å². The van der Waals surface area contributed by atoms with Crippen molar-refractivity contribution in [1.82, 2.24) is 0 Å². The van der Waals surface area contributed by atoms with E-state index in [1.54, 1.807) is 4.99 Å². The van der Waals surface area contributed by atoms with E-state index in [9.17, 15) is 5.11 Å². The number of halogens is 4. The molecule has 1 N–H and O–H groups in total. The van der Waals surface area contributed by atoms with E-state index in [1.165, 1.54) is 0 Å². The van der Waals surface area contributed by atoms with Crippen molar-refractivity contribution in [2.24, 2.45) is 0 Å². The van der Waals surface area contributed by atoms with E-state index < -0.39 is 6.10 Å². The van der Waals surface area contributed by atoms with Crippen LogP contribution in [0.25, 0.3) is 0 Å². The number of alkyl halides is 3. The summed E-state index contributed by atoms with van der Waals surface area (Å²) in [6, 6.07) is 0. The predicted molar refractivity (Wildman–Crippen MR) is 103 cm³/mol. The lowest BCUT2D eigenvalue weighted by atomic mass is 9.96. The minimum Gasteiger partial charge on any atom is -0.391 e. The van der Waals surface area contributed by atoms with Gasteiger partial charge in [-0.2, -0.15) is 0 Å². The van der Waals surface area contributed by atoms with Crippen LogP contribution in [0.15, 0.2) is 16.8 Å². The van der Waals surface area contributed by atoms with Crippen LogP contribution in [0.1, 0.15) is 26.2 Å². The molecule has 2 aliphatic heterocycles. The van der Waals surface area contributed by atoms with Gasteiger partial charge in [-0.25, -0.2) is 0 Å². The second-order valence-electron chi connectivity index (χ2n) is 5.64. The number of hydrogen-bond acceptors (Lipinski definition) is 3. The molecule has 2 fully saturated rings. The number of rotatable bonds is 3. The molecular formula is C15H20Br4O3. The first-order chi connectivity index (χ1) is 10.5. The van der Waals surface area contributed by atoms with Gasteiger partial charge in [-0.05, 0) is 18.9 Å². The van der Waals surface area contributed by atoms with Crippen molar-refractivity contribution in [3.63, 3.8) is 0 Å². The molecule has 22 heavy (non-hydrogen) atoms. The summed E-state index contributed by atoms with van der Waals surface area (Å²) in [7, 11) is 0. The summed E-state index contributed by atoms with van der Waals surface area (Å²) in [5.74, 6) is 0. The third-order valence-electron chi connectivity index (χ3n) is 4.12. The van der Waals surface area contributed by atoms with Gasteiger partial charge in [0.05, 0.1) is 35.3 Å². The molecule has 0 radical (unpaired) electrons. The molecule has 0 amide bonds. The zero-order chi connectivity index (χ0) is 16.3. The minimum absolute atomic E-state index is 0.0324. The first kappa shape index (κ1) is 19.6. The molecule has 0 saturated carbocycles. The van der Waals surface area contributed by atoms with Gasteiger partial charge in [-0.1, -0.05) is 70.6 Å². The number of aliphatic hydroxyl groups is 1. The van der Waals surface area contributed by atoms with Gasteiger partial charge >= 0.3 is 0 Å². The van der Waals surface area contributed by atoms with Gasteiger partial charge in [-0.15, -0.1) is 5.73 Å². The summed E-state index contributed by atoms with van der Waals surface area (Å²) in [6.07, 6.45) is 3.69. The monoisotopic (exact) mass is 564 g/mol. The molecule has 0 aliphatic carbocycles. The van der Waals surface area contributed by atoms with Gasteiger partial charge in [0.15, 0.2) is 0 Å². The molecule has 2 heterocycles. The maximum atomic E-state index is 10.5. The van der Waals surface area contributed by atoms with Gasteiger partial charge in [0, 0.05) is 21.1 Å². The summed E-state index contributed by atoms with van der Waals surface area (Å²) in [6.45, 7) is 2.13. The Balaban J connectivity index is 2.20. The number of aliphatic hydroxyl groups excluding tert-OH is 1. The SMILES string of the molecule is CC[C@@H](Br)[C@@H]1C[C@@H](Br)[C@@H](O)[C@@H](Br)[C@H]2O[C@@H](C=C=CBr)C[C@@H]2O1. The summed E-state index contributed by atoms with van der Waals surface area (Å²) >= 11 is 14.1. The van der Waals surface area contributed by atoms with Crippen LogP contribution in [-0.2, 0) is 9.47 Å². The van der Waals surface area contributed by atoms with Gasteiger partial charge in [0.2, 0.25) is 0 Å². The van der Waals surface area contributed by atoms with E-state index in [4.69, 9.17) is 9.47 Å². The molecule has 0 bridgehead atoms. The molecule has 8 atom stereocenters. The lowest BCUT2D eigenvalue weighted by molar-refractivity contribution is -0.0816. The lowest BCUT2D eigenvalue weighted by Crippen LogP contribution is -2.49. The molecular weight excluding hydrogens is 548 g/mol. The fourth-order valence-electron chi connectivity index (χ4n) is 2.90. The van der Waals surface area contributed by atoms with Crippen molar-refractivity contribution in [2.45, 2.75) is 71.2 Å². The second-order valence-corrected chi connectivity index (χ2v) is 9.51. The standard InChI is InChI=1S/C15H20Br4O3/c1-2-9(17)11-7-10(18)14(20)13(19)15-12(22-11)6-8(21-15)4-3-5-16/h4-5,8-15,20H,2,6-7H2,1H3/t3?,8-,9+,10+,11-,12-,13+,14+,15-/m0/s1. The summed E-state index contributed by atoms with van der Waals surface area (Å²) in [4.78, 5) is 1.75. The first-order valence-electron chi connectivity index (χ1n) is 7.40. The van der Waals surface area contributed by atoms with Gasteiger partial charge in [0.1, 0.15) is 0 Å². The van der Waals surface area contributed by atoms with Crippen LogP contribution >= 0.6 is 63.7 Å². The van der Waals surface area contributed by atoms with Crippen LogP contribution in [0.2, 0.25) is 0 Å². The van der Waals surface area contributed by atoms with Crippen LogP contribution in [0.4, 0.5) is 0 Å². The fourth-order valence-corrected chi connectivity index (χ4v) is 5.34. The highest BCUT2D eigenvalue weighted by atomic mass is 79.9. The first-order valence-corrected chi connectivity index (χ1v) is 11.1. The van der Waals surface area contributed by atoms with E-state index >= 15 is 0 Å². The zero-order valence-electron chi connectivity index (χ0n) is 12.2. The van der Waals surface area contributed by atoms with Crippen LogP contribution in [0.5, 0.6) is 0 Å². The Morgan fingerprint density at radius 2 is 2.05 bits per heavy atom. The number of fused-ring (bicyclic) bond motifs is 1. The van der Waals surface area contributed by atoms with Crippen molar-refractivity contribution in [3.05, 3.63) is 16.8 Å². The number of hydrogen-bond donors (Lipinski definition) is 1. The van der Waals surface area contributed by atoms with Crippen molar-refractivity contribution in [3.8, 4) is 0 Å². The summed E-state index contributed by atoms with van der Waals surface area (Å²) in [5.41, 5.74) is 3.00. The van der Waals surface area contributed by atoms with Crippen LogP contribution in [0, 0.1) is 0 Å². The molecule has 0 spiro atoms. The highest BCUT2D eigenvalue weighted by molar-refractivity contribution is 9.11. The Morgan fingerprint density at radius 1 is 1.32 bits per heavy atom. The molecule has 2 rings (SSSR count). The average Bonchev–Trinajstić information content (AvgIpc) is 2.91. The van der Waals surface area contributed by atoms with Crippen LogP contribution in [-0.4, -0.2) is 50.1 Å². The molecule has 126 valence electrons. The fraction of sp³-hybridized carbons (Fsp3) is 0.800. The average molecular weight is 568 g/mol. The smallest absolute Gasteiger partial charge is 0.0996 e. The molecule has 2 saturated heterocycles. The van der Waals surface area contributed by atoms with E-state index in [1.807, 2.05) is 6.08 Å². The predicted octanol–water partition coefficient (Wildman–Crippen LogP) is 4.43. The topological polar surface area (TPSA) is 38.7 Å². The Bertz CT molecular complexity index is 427. The molecule has 0 aromatic carbocycles. The molecule has 0 aromatic rings. The lowest BCUT2D eigenvalue weighted by Gasteiger charge is -2.37. The third kappa shape index (κ3) is 4.69. The normalized spacial score (nSPS) is 43.5. The van der Waals surface area contributed by atoms with E-state index in [-0.39, 0.29) is 38.9 Å². The van der Waals surface area contributed by atoms with Crippen molar-refractivity contribution < 1.29 is 14.6 Å². The maximum Gasteiger partial charge on any atom is 0.0996 e. The third-order valence-corrected chi connectivity index (χ3v) is 7.60. The van der Waals surface area contributed by atoms with Crippen molar-refractivity contribution in [1.29, 1.82) is 0 Å². The highest BCUT2D eigenvalue weighted by Gasteiger charge is 2.47. The van der Waals surface area contributed by atoms with Crippen LogP contribution < -0.4 is 0 Å². The number of ether oxygens (including phenoxy) is 2. The van der Waals surface area contributed by atoms with E-state index in [0.29, 0.717) is 0 Å². The van der Waals surface area contributed by atoms with Crippen molar-refractivity contribution >= 4 is 63.7 Å². The summed E-state index contributed by atoms with van der Waals surface area (Å²) in [5, 5.41) is 10.5. The molecule has 7 heteroatoms. The van der Waals surface area contributed by atoms with Crippen molar-refractivity contribution in [2.75, 3.05) is 0 Å². The molecule has 2 aliphatic rings. The molecule has 3 nitrogen and oxygen atoms in total. The maximum absolute atomic E-state index is 10.5. The minimum atomic E-state index is -0.523. The Labute approximate surface area is 165 Å². The molecule has 0 unspecified atom stereocenters. The van der Waals surface area contributed by atoms with E-state index in [0.717, 1.165) is 19.3 Å². The Hall–Kier alpha value is 1.32. The van der Waals surface area contributed by atoms with Gasteiger partial charge in [-0.3, -0.25) is 0 Å². The Morgan fingerprint density at radius 3 is 2.68 bits per heavy atom. The zero-order valence-corrected chi connectivity index (χ0v) is 18.5. The van der Waals surface area contributed by atoms with Crippen LogP contribution in [0.3, 0.4) is 0 Å². The largest absolute Gasteiger partial charge is 0.391 e. The second kappa shape index (κ2) is 9.14. The molecule has 0 aromatic heterocycles. The quantitative estimate of drug-likeness (QED) is 0.405. The summed E-state index contributed by atoms with van der Waals surface area (Å²) < 4.78 is 12.4. The highest BCUT2D eigenvalue weighted by Crippen LogP contribution is 2.38. The van der Waals surface area contributed by atoms with Gasteiger partial charge in [0.25, 0.3) is 0 Å².